The maximum atomic E-state index is 10.9. The highest BCUT2D eigenvalue weighted by Crippen LogP contribution is 2.26. The molecule has 1 aromatic heterocycles. The molecule has 0 amide bonds. The van der Waals surface area contributed by atoms with Crippen LogP contribution in [0.25, 0.3) is 11.0 Å². The Kier molecular flexibility index (Phi) is 4.34. The van der Waals surface area contributed by atoms with E-state index in [9.17, 15) is 4.79 Å². The summed E-state index contributed by atoms with van der Waals surface area (Å²) in [6.45, 7) is 0.666. The summed E-state index contributed by atoms with van der Waals surface area (Å²) in [5.41, 5.74) is 0.854. The van der Waals surface area contributed by atoms with Crippen LogP contribution in [0.1, 0.15) is 31.4 Å². The Morgan fingerprint density at radius 3 is 2.77 bits per heavy atom. The number of benzene rings is 1. The zero-order valence-corrected chi connectivity index (χ0v) is 12.7. The zero-order valence-electron chi connectivity index (χ0n) is 12.7. The first-order valence-corrected chi connectivity index (χ1v) is 7.68. The molecule has 1 aliphatic rings. The normalized spacial score (nSPS) is 21.9. The standard InChI is InChI=1S/C17H21NO4/c1-21-14-6-7-16-12(8-14)9-15(22-16)10-18-13-4-2-11(3-5-13)17(19)20/h6-9,11,13,18H,2-5,10H2,1H3,(H,19,20). The van der Waals surface area contributed by atoms with E-state index in [0.29, 0.717) is 12.6 Å². The third-order valence-corrected chi connectivity index (χ3v) is 4.42. The van der Waals surface area contributed by atoms with Gasteiger partial charge >= 0.3 is 5.97 Å². The van der Waals surface area contributed by atoms with Crippen LogP contribution in [0.15, 0.2) is 28.7 Å². The number of furan rings is 1. The number of carbonyl (C=O) groups is 1. The Balaban J connectivity index is 1.57. The van der Waals surface area contributed by atoms with Crippen LogP contribution in [0.5, 0.6) is 5.75 Å². The van der Waals surface area contributed by atoms with Gasteiger partial charge in [-0.05, 0) is 49.9 Å². The minimum Gasteiger partial charge on any atom is -0.497 e. The summed E-state index contributed by atoms with van der Waals surface area (Å²) in [6, 6.07) is 8.15. The quantitative estimate of drug-likeness (QED) is 0.887. The van der Waals surface area contributed by atoms with E-state index in [1.807, 2.05) is 24.3 Å². The van der Waals surface area contributed by atoms with E-state index in [2.05, 4.69) is 5.32 Å². The molecule has 1 aromatic carbocycles. The van der Waals surface area contributed by atoms with Gasteiger partial charge in [-0.1, -0.05) is 0 Å². The molecule has 0 spiro atoms. The second kappa shape index (κ2) is 6.40. The van der Waals surface area contributed by atoms with Gasteiger partial charge in [-0.3, -0.25) is 4.79 Å². The molecule has 22 heavy (non-hydrogen) atoms. The van der Waals surface area contributed by atoms with E-state index >= 15 is 0 Å². The molecular formula is C17H21NO4. The lowest BCUT2D eigenvalue weighted by Gasteiger charge is -2.26. The van der Waals surface area contributed by atoms with Crippen molar-refractivity contribution in [3.8, 4) is 5.75 Å². The lowest BCUT2D eigenvalue weighted by atomic mass is 9.86. The molecular weight excluding hydrogens is 282 g/mol. The van der Waals surface area contributed by atoms with Gasteiger partial charge in [-0.25, -0.2) is 0 Å². The summed E-state index contributed by atoms with van der Waals surface area (Å²) < 4.78 is 11.0. The van der Waals surface area contributed by atoms with Gasteiger partial charge in [0.15, 0.2) is 0 Å². The number of ether oxygens (including phenoxy) is 1. The largest absolute Gasteiger partial charge is 0.497 e. The maximum Gasteiger partial charge on any atom is 0.306 e. The summed E-state index contributed by atoms with van der Waals surface area (Å²) >= 11 is 0. The number of fused-ring (bicyclic) bond motifs is 1. The third-order valence-electron chi connectivity index (χ3n) is 4.42. The number of rotatable bonds is 5. The molecule has 5 nitrogen and oxygen atoms in total. The molecule has 1 saturated carbocycles. The first-order valence-electron chi connectivity index (χ1n) is 7.68. The van der Waals surface area contributed by atoms with Crippen molar-refractivity contribution in [2.24, 2.45) is 5.92 Å². The van der Waals surface area contributed by atoms with E-state index in [0.717, 1.165) is 48.2 Å². The number of carboxylic acid groups (broad SMARTS) is 1. The number of methoxy groups -OCH3 is 1. The van der Waals surface area contributed by atoms with Crippen molar-refractivity contribution in [3.63, 3.8) is 0 Å². The Morgan fingerprint density at radius 2 is 2.09 bits per heavy atom. The van der Waals surface area contributed by atoms with Crippen LogP contribution in [0.4, 0.5) is 0 Å². The molecule has 0 saturated heterocycles. The molecule has 0 unspecified atom stereocenters. The topological polar surface area (TPSA) is 71.7 Å². The van der Waals surface area contributed by atoms with Gasteiger partial charge in [0.2, 0.25) is 0 Å². The summed E-state index contributed by atoms with van der Waals surface area (Å²) in [6.07, 6.45) is 3.32. The van der Waals surface area contributed by atoms with Gasteiger partial charge in [-0.15, -0.1) is 0 Å². The molecule has 0 radical (unpaired) electrons. The lowest BCUT2D eigenvalue weighted by Crippen LogP contribution is -2.34. The van der Waals surface area contributed by atoms with Gasteiger partial charge in [0.1, 0.15) is 17.1 Å². The minimum absolute atomic E-state index is 0.170. The van der Waals surface area contributed by atoms with Crippen molar-refractivity contribution in [3.05, 3.63) is 30.0 Å². The van der Waals surface area contributed by atoms with Crippen molar-refractivity contribution in [1.82, 2.24) is 5.32 Å². The van der Waals surface area contributed by atoms with Crippen LogP contribution in [-0.4, -0.2) is 24.2 Å². The molecule has 1 fully saturated rings. The second-order valence-corrected chi connectivity index (χ2v) is 5.88. The van der Waals surface area contributed by atoms with Crippen molar-refractivity contribution in [1.29, 1.82) is 0 Å². The van der Waals surface area contributed by atoms with E-state index in [1.165, 1.54) is 0 Å². The molecule has 1 heterocycles. The smallest absolute Gasteiger partial charge is 0.306 e. The second-order valence-electron chi connectivity index (χ2n) is 5.88. The first kappa shape index (κ1) is 14.9. The Hall–Kier alpha value is -2.01. The molecule has 3 rings (SSSR count). The van der Waals surface area contributed by atoms with Gasteiger partial charge in [-0.2, -0.15) is 0 Å². The Bertz CT molecular complexity index is 656. The van der Waals surface area contributed by atoms with E-state index in [1.54, 1.807) is 7.11 Å². The van der Waals surface area contributed by atoms with E-state index in [4.69, 9.17) is 14.3 Å². The molecule has 2 N–H and O–H groups in total. The van der Waals surface area contributed by atoms with Crippen molar-refractivity contribution >= 4 is 16.9 Å². The molecule has 0 bridgehead atoms. The fourth-order valence-corrected chi connectivity index (χ4v) is 3.08. The first-order chi connectivity index (χ1) is 10.7. The minimum atomic E-state index is -0.662. The summed E-state index contributed by atoms with van der Waals surface area (Å²) in [7, 11) is 1.65. The fraction of sp³-hybridized carbons (Fsp3) is 0.471. The number of aliphatic carboxylic acids is 1. The van der Waals surface area contributed by atoms with Crippen LogP contribution in [0, 0.1) is 5.92 Å². The van der Waals surface area contributed by atoms with Gasteiger partial charge < -0.3 is 19.6 Å². The van der Waals surface area contributed by atoms with Gasteiger partial charge in [0.05, 0.1) is 19.6 Å². The maximum absolute atomic E-state index is 10.9. The third kappa shape index (κ3) is 3.25. The van der Waals surface area contributed by atoms with E-state index in [-0.39, 0.29) is 5.92 Å². The number of hydrogen-bond donors (Lipinski definition) is 2. The van der Waals surface area contributed by atoms with Crippen LogP contribution in [-0.2, 0) is 11.3 Å². The zero-order chi connectivity index (χ0) is 15.5. The predicted molar refractivity (Wildman–Crippen MR) is 83.0 cm³/mol. The molecule has 0 atom stereocenters. The molecule has 5 heteroatoms. The van der Waals surface area contributed by atoms with Gasteiger partial charge in [0, 0.05) is 11.4 Å². The number of carboxylic acids is 1. The number of hydrogen-bond acceptors (Lipinski definition) is 4. The average Bonchev–Trinajstić information content (AvgIpc) is 2.95. The van der Waals surface area contributed by atoms with E-state index < -0.39 is 5.97 Å². The highest BCUT2D eigenvalue weighted by Gasteiger charge is 2.25. The summed E-state index contributed by atoms with van der Waals surface area (Å²) in [5.74, 6) is 0.879. The molecule has 118 valence electrons. The number of nitrogens with one attached hydrogen (secondary N) is 1. The summed E-state index contributed by atoms with van der Waals surface area (Å²) in [5, 5.41) is 13.5. The SMILES string of the molecule is COc1ccc2oc(CNC3CCC(C(=O)O)CC3)cc2c1. The highest BCUT2D eigenvalue weighted by atomic mass is 16.5. The molecule has 0 aliphatic heterocycles. The van der Waals surface area contributed by atoms with Crippen molar-refractivity contribution in [2.45, 2.75) is 38.3 Å². The monoisotopic (exact) mass is 303 g/mol. The van der Waals surface area contributed by atoms with Crippen LogP contribution in [0.3, 0.4) is 0 Å². The van der Waals surface area contributed by atoms with Crippen molar-refractivity contribution < 1.29 is 19.1 Å². The summed E-state index contributed by atoms with van der Waals surface area (Å²) in [4.78, 5) is 10.9. The Morgan fingerprint density at radius 1 is 1.32 bits per heavy atom. The highest BCUT2D eigenvalue weighted by molar-refractivity contribution is 5.79. The van der Waals surface area contributed by atoms with Crippen LogP contribution in [0.2, 0.25) is 0 Å². The molecule has 2 aromatic rings. The lowest BCUT2D eigenvalue weighted by molar-refractivity contribution is -0.142. The Labute approximate surface area is 129 Å². The fourth-order valence-electron chi connectivity index (χ4n) is 3.08. The van der Waals surface area contributed by atoms with Crippen LogP contribution >= 0.6 is 0 Å². The average molecular weight is 303 g/mol. The van der Waals surface area contributed by atoms with Gasteiger partial charge in [0.25, 0.3) is 0 Å². The predicted octanol–water partition coefficient (Wildman–Crippen LogP) is 3.17. The van der Waals surface area contributed by atoms with Crippen molar-refractivity contribution in [2.75, 3.05) is 7.11 Å². The molecule has 1 aliphatic carbocycles. The van der Waals surface area contributed by atoms with Crippen LogP contribution < -0.4 is 10.1 Å².